The zero-order chi connectivity index (χ0) is 18.4. The van der Waals surface area contributed by atoms with Gasteiger partial charge in [-0.1, -0.05) is 12.2 Å². The molecule has 1 aromatic carbocycles. The van der Waals surface area contributed by atoms with Crippen LogP contribution in [0.3, 0.4) is 0 Å². The Bertz CT molecular complexity index is 643. The van der Waals surface area contributed by atoms with Gasteiger partial charge in [-0.05, 0) is 63.4 Å². The van der Waals surface area contributed by atoms with Crippen LogP contribution in [0, 0.1) is 5.82 Å². The van der Waals surface area contributed by atoms with E-state index in [0.717, 1.165) is 44.7 Å². The smallest absolute Gasteiger partial charge is 0.148 e. The molecule has 26 heavy (non-hydrogen) atoms. The molecule has 4 nitrogen and oxygen atoms in total. The summed E-state index contributed by atoms with van der Waals surface area (Å²) in [6, 6.07) is 5.80. The zero-order valence-corrected chi connectivity index (χ0v) is 15.8. The summed E-state index contributed by atoms with van der Waals surface area (Å²) < 4.78 is 14.5. The molecule has 0 amide bonds. The van der Waals surface area contributed by atoms with Crippen LogP contribution in [0.1, 0.15) is 39.0 Å². The Hall–Kier alpha value is -2.01. The van der Waals surface area contributed by atoms with Crippen molar-refractivity contribution in [3.63, 3.8) is 0 Å². The molecular weight excluding hydrogens is 327 g/mol. The first kappa shape index (κ1) is 18.8. The first-order chi connectivity index (χ1) is 12.7. The van der Waals surface area contributed by atoms with Crippen molar-refractivity contribution in [2.24, 2.45) is 0 Å². The van der Waals surface area contributed by atoms with Gasteiger partial charge in [-0.3, -0.25) is 0 Å². The lowest BCUT2D eigenvalue weighted by molar-refractivity contribution is 0.566. The number of benzene rings is 1. The van der Waals surface area contributed by atoms with Gasteiger partial charge in [-0.2, -0.15) is 0 Å². The molecule has 1 heterocycles. The first-order valence-electron chi connectivity index (χ1n) is 9.77. The summed E-state index contributed by atoms with van der Waals surface area (Å²) in [5.41, 5.74) is 4.41. The zero-order valence-electron chi connectivity index (χ0n) is 15.8. The highest BCUT2D eigenvalue weighted by molar-refractivity contribution is 5.57. The van der Waals surface area contributed by atoms with Crippen LogP contribution in [0.4, 0.5) is 15.8 Å². The number of halogens is 1. The van der Waals surface area contributed by atoms with Crippen molar-refractivity contribution in [2.45, 2.75) is 45.1 Å². The number of nitrogens with one attached hydrogen (secondary N) is 3. The Morgan fingerprint density at radius 1 is 1.35 bits per heavy atom. The Morgan fingerprint density at radius 3 is 2.73 bits per heavy atom. The standard InChI is InChI=1S/C21H31FN4/c1-3-24-20(17-5-4-6-17)9-7-16(2)25-18-8-10-21(19(22)15-18)26-13-11-23-12-14-26/h3,8,10,15-16,23-25H,1,4-7,9,11-14H2,2H3. The summed E-state index contributed by atoms with van der Waals surface area (Å²) in [6.45, 7) is 9.46. The van der Waals surface area contributed by atoms with Gasteiger partial charge in [0.15, 0.2) is 0 Å². The highest BCUT2D eigenvalue weighted by atomic mass is 19.1. The minimum atomic E-state index is -0.144. The molecule has 2 fully saturated rings. The summed E-state index contributed by atoms with van der Waals surface area (Å²) in [5.74, 6) is -0.144. The monoisotopic (exact) mass is 358 g/mol. The topological polar surface area (TPSA) is 39.3 Å². The average Bonchev–Trinajstić information content (AvgIpc) is 2.59. The van der Waals surface area contributed by atoms with E-state index in [1.165, 1.54) is 30.5 Å². The molecule has 1 atom stereocenters. The van der Waals surface area contributed by atoms with Crippen LogP contribution in [0.15, 0.2) is 42.2 Å². The van der Waals surface area contributed by atoms with Crippen molar-refractivity contribution in [2.75, 3.05) is 36.4 Å². The molecule has 0 radical (unpaired) electrons. The molecule has 0 bridgehead atoms. The van der Waals surface area contributed by atoms with Gasteiger partial charge in [0, 0.05) is 43.6 Å². The minimum Gasteiger partial charge on any atom is -0.382 e. The van der Waals surface area contributed by atoms with Crippen molar-refractivity contribution >= 4 is 11.4 Å². The molecule has 0 spiro atoms. The van der Waals surface area contributed by atoms with E-state index in [1.807, 2.05) is 12.1 Å². The Labute approximate surface area is 156 Å². The van der Waals surface area contributed by atoms with Crippen LogP contribution in [-0.4, -0.2) is 32.2 Å². The predicted octanol–water partition coefficient (Wildman–Crippen LogP) is 3.99. The average molecular weight is 359 g/mol. The van der Waals surface area contributed by atoms with Gasteiger partial charge in [0.05, 0.1) is 5.69 Å². The van der Waals surface area contributed by atoms with Crippen molar-refractivity contribution in [3.8, 4) is 0 Å². The molecule has 3 rings (SSSR count). The molecule has 1 saturated heterocycles. The summed E-state index contributed by atoms with van der Waals surface area (Å²) in [5, 5.41) is 10.0. The lowest BCUT2D eigenvalue weighted by atomic mass is 9.89. The second-order valence-corrected chi connectivity index (χ2v) is 7.27. The van der Waals surface area contributed by atoms with Crippen molar-refractivity contribution in [1.82, 2.24) is 10.6 Å². The van der Waals surface area contributed by atoms with Crippen LogP contribution < -0.4 is 20.9 Å². The van der Waals surface area contributed by atoms with Gasteiger partial charge in [0.1, 0.15) is 5.82 Å². The van der Waals surface area contributed by atoms with Crippen molar-refractivity contribution < 1.29 is 4.39 Å². The number of nitrogens with zero attached hydrogens (tertiary/aromatic N) is 1. The van der Waals surface area contributed by atoms with Gasteiger partial charge >= 0.3 is 0 Å². The second kappa shape index (κ2) is 9.08. The quantitative estimate of drug-likeness (QED) is 0.657. The number of hydrogen-bond donors (Lipinski definition) is 3. The lowest BCUT2D eigenvalue weighted by Gasteiger charge is -2.30. The highest BCUT2D eigenvalue weighted by Crippen LogP contribution is 2.30. The van der Waals surface area contributed by atoms with Gasteiger partial charge < -0.3 is 20.9 Å². The summed E-state index contributed by atoms with van der Waals surface area (Å²) in [6.07, 6.45) is 7.47. The maximum atomic E-state index is 14.5. The SMILES string of the molecule is C=CNC(CCC(C)Nc1ccc(N2CCNCC2)c(F)c1)=C1CCC1. The number of rotatable bonds is 8. The van der Waals surface area contributed by atoms with Crippen LogP contribution >= 0.6 is 0 Å². The van der Waals surface area contributed by atoms with E-state index in [-0.39, 0.29) is 11.9 Å². The molecule has 5 heteroatoms. The fourth-order valence-corrected chi connectivity index (χ4v) is 3.61. The second-order valence-electron chi connectivity index (χ2n) is 7.27. The number of allylic oxidation sites excluding steroid dienone is 2. The first-order valence-corrected chi connectivity index (χ1v) is 9.77. The number of hydrogen-bond acceptors (Lipinski definition) is 4. The number of anilines is 2. The molecule has 2 aliphatic rings. The summed E-state index contributed by atoms with van der Waals surface area (Å²) >= 11 is 0. The molecular formula is C21H31FN4. The van der Waals surface area contributed by atoms with Crippen molar-refractivity contribution in [1.29, 1.82) is 0 Å². The van der Waals surface area contributed by atoms with Crippen LogP contribution in [-0.2, 0) is 0 Å². The van der Waals surface area contributed by atoms with E-state index in [4.69, 9.17) is 0 Å². The minimum absolute atomic E-state index is 0.144. The highest BCUT2D eigenvalue weighted by Gasteiger charge is 2.16. The molecule has 142 valence electrons. The molecule has 3 N–H and O–H groups in total. The molecule has 1 unspecified atom stereocenters. The van der Waals surface area contributed by atoms with Crippen LogP contribution in [0.2, 0.25) is 0 Å². The van der Waals surface area contributed by atoms with Crippen LogP contribution in [0.25, 0.3) is 0 Å². The van der Waals surface area contributed by atoms with Crippen LogP contribution in [0.5, 0.6) is 0 Å². The number of piperazine rings is 1. The van der Waals surface area contributed by atoms with Gasteiger partial charge in [-0.15, -0.1) is 0 Å². The predicted molar refractivity (Wildman–Crippen MR) is 108 cm³/mol. The molecule has 1 aromatic rings. The van der Waals surface area contributed by atoms with Crippen molar-refractivity contribution in [3.05, 3.63) is 48.1 Å². The maximum Gasteiger partial charge on any atom is 0.148 e. The fourth-order valence-electron chi connectivity index (χ4n) is 3.61. The van der Waals surface area contributed by atoms with E-state index in [0.29, 0.717) is 5.69 Å². The fraction of sp³-hybridized carbons (Fsp3) is 0.524. The van der Waals surface area contributed by atoms with E-state index < -0.39 is 0 Å². The third kappa shape index (κ3) is 4.79. The molecule has 1 aliphatic carbocycles. The molecule has 0 aromatic heterocycles. The molecule has 1 saturated carbocycles. The van der Waals surface area contributed by atoms with E-state index >= 15 is 0 Å². The normalized spacial score (nSPS) is 18.1. The Kier molecular flexibility index (Phi) is 6.56. The molecule has 1 aliphatic heterocycles. The van der Waals surface area contributed by atoms with Gasteiger partial charge in [0.25, 0.3) is 0 Å². The summed E-state index contributed by atoms with van der Waals surface area (Å²) in [4.78, 5) is 2.11. The largest absolute Gasteiger partial charge is 0.382 e. The lowest BCUT2D eigenvalue weighted by Crippen LogP contribution is -2.43. The Morgan fingerprint density at radius 2 is 2.12 bits per heavy atom. The van der Waals surface area contributed by atoms with Gasteiger partial charge in [-0.25, -0.2) is 4.39 Å². The van der Waals surface area contributed by atoms with E-state index in [2.05, 4.69) is 34.4 Å². The Balaban J connectivity index is 1.54. The van der Waals surface area contributed by atoms with Gasteiger partial charge in [0.2, 0.25) is 0 Å². The summed E-state index contributed by atoms with van der Waals surface area (Å²) in [7, 11) is 0. The maximum absolute atomic E-state index is 14.5. The van der Waals surface area contributed by atoms with E-state index in [9.17, 15) is 4.39 Å². The van der Waals surface area contributed by atoms with E-state index in [1.54, 1.807) is 12.3 Å². The third-order valence-corrected chi connectivity index (χ3v) is 5.31. The third-order valence-electron chi connectivity index (χ3n) is 5.31.